The van der Waals surface area contributed by atoms with Crippen LogP contribution in [0, 0.1) is 5.92 Å². The van der Waals surface area contributed by atoms with Crippen molar-refractivity contribution < 1.29 is 4.79 Å². The number of carbonyl (C=O) groups is 1. The summed E-state index contributed by atoms with van der Waals surface area (Å²) in [5.74, 6) is 0.181. The van der Waals surface area contributed by atoms with Crippen LogP contribution in [0.25, 0.3) is 0 Å². The van der Waals surface area contributed by atoms with E-state index in [4.69, 9.17) is 11.6 Å². The molecular formula is C9H17ClO. The summed E-state index contributed by atoms with van der Waals surface area (Å²) in [4.78, 5) is 10.6. The molecule has 0 atom stereocenters. The van der Waals surface area contributed by atoms with E-state index in [1.165, 1.54) is 19.3 Å². The van der Waals surface area contributed by atoms with Gasteiger partial charge in [-0.05, 0) is 24.4 Å². The SMILES string of the molecule is CC.O=C(Cl)C1CCCCC1. The molecule has 66 valence electrons. The molecule has 0 spiro atoms. The Morgan fingerprint density at radius 2 is 1.64 bits per heavy atom. The van der Waals surface area contributed by atoms with E-state index in [1.54, 1.807) is 0 Å². The fraction of sp³-hybridized carbons (Fsp3) is 0.889. The van der Waals surface area contributed by atoms with Crippen molar-refractivity contribution in [3.05, 3.63) is 0 Å². The Morgan fingerprint density at radius 3 is 1.91 bits per heavy atom. The largest absolute Gasteiger partial charge is 0.281 e. The standard InChI is InChI=1S/C7H11ClO.C2H6/c8-7(9)6-4-2-1-3-5-6;1-2/h6H,1-5H2;1-2H3. The summed E-state index contributed by atoms with van der Waals surface area (Å²) < 4.78 is 0. The Labute approximate surface area is 74.1 Å². The Hall–Kier alpha value is -0.0400. The van der Waals surface area contributed by atoms with Gasteiger partial charge in [-0.25, -0.2) is 0 Å². The normalized spacial score (nSPS) is 18.5. The lowest BCUT2D eigenvalue weighted by Crippen LogP contribution is -2.12. The fourth-order valence-electron chi connectivity index (χ4n) is 1.33. The smallest absolute Gasteiger partial charge is 0.224 e. The molecule has 0 heterocycles. The summed E-state index contributed by atoms with van der Waals surface area (Å²) in [7, 11) is 0. The Morgan fingerprint density at radius 1 is 1.18 bits per heavy atom. The molecule has 0 N–H and O–H groups in total. The molecule has 0 aliphatic heterocycles. The number of hydrogen-bond acceptors (Lipinski definition) is 1. The first kappa shape index (κ1) is 11.0. The van der Waals surface area contributed by atoms with Crippen molar-refractivity contribution in [2.24, 2.45) is 5.92 Å². The third-order valence-corrected chi connectivity index (χ3v) is 2.23. The molecule has 1 aliphatic rings. The molecular weight excluding hydrogens is 160 g/mol. The highest BCUT2D eigenvalue weighted by Crippen LogP contribution is 2.24. The van der Waals surface area contributed by atoms with Gasteiger partial charge in [0, 0.05) is 5.92 Å². The van der Waals surface area contributed by atoms with Gasteiger partial charge in [0.2, 0.25) is 5.24 Å². The average Bonchev–Trinajstić information content (AvgIpc) is 2.10. The summed E-state index contributed by atoms with van der Waals surface area (Å²) in [6.07, 6.45) is 5.68. The lowest BCUT2D eigenvalue weighted by molar-refractivity contribution is -0.115. The summed E-state index contributed by atoms with van der Waals surface area (Å²) in [5.41, 5.74) is 0. The van der Waals surface area contributed by atoms with Crippen molar-refractivity contribution in [3.8, 4) is 0 Å². The summed E-state index contributed by atoms with van der Waals surface area (Å²) >= 11 is 5.32. The van der Waals surface area contributed by atoms with E-state index in [9.17, 15) is 4.79 Å². The molecule has 0 radical (unpaired) electrons. The minimum Gasteiger partial charge on any atom is -0.281 e. The zero-order valence-electron chi connectivity index (χ0n) is 7.40. The first-order valence-electron chi connectivity index (χ1n) is 4.50. The molecule has 1 aliphatic carbocycles. The van der Waals surface area contributed by atoms with Crippen molar-refractivity contribution in [1.82, 2.24) is 0 Å². The monoisotopic (exact) mass is 176 g/mol. The van der Waals surface area contributed by atoms with Crippen molar-refractivity contribution in [2.75, 3.05) is 0 Å². The zero-order chi connectivity index (χ0) is 8.69. The molecule has 0 unspecified atom stereocenters. The van der Waals surface area contributed by atoms with Gasteiger partial charge in [-0.1, -0.05) is 33.1 Å². The zero-order valence-corrected chi connectivity index (χ0v) is 8.16. The van der Waals surface area contributed by atoms with Crippen LogP contribution in [0.3, 0.4) is 0 Å². The topological polar surface area (TPSA) is 17.1 Å². The van der Waals surface area contributed by atoms with E-state index in [-0.39, 0.29) is 11.2 Å². The third kappa shape index (κ3) is 4.41. The Bertz CT molecular complexity index is 106. The number of rotatable bonds is 1. The van der Waals surface area contributed by atoms with Gasteiger partial charge in [0.25, 0.3) is 0 Å². The summed E-state index contributed by atoms with van der Waals surface area (Å²) in [5, 5.41) is -0.130. The highest BCUT2D eigenvalue weighted by atomic mass is 35.5. The molecule has 0 aromatic rings. The molecule has 0 saturated heterocycles. The first-order valence-corrected chi connectivity index (χ1v) is 4.88. The molecule has 1 nitrogen and oxygen atoms in total. The maximum absolute atomic E-state index is 10.6. The van der Waals surface area contributed by atoms with Crippen molar-refractivity contribution in [2.45, 2.75) is 46.0 Å². The molecule has 0 aromatic heterocycles. The quantitative estimate of drug-likeness (QED) is 0.560. The predicted octanol–water partition coefficient (Wildman–Crippen LogP) is 3.36. The highest BCUT2D eigenvalue weighted by molar-refractivity contribution is 6.63. The number of carbonyl (C=O) groups excluding carboxylic acids is 1. The van der Waals surface area contributed by atoms with E-state index >= 15 is 0 Å². The molecule has 0 aromatic carbocycles. The van der Waals surface area contributed by atoms with Gasteiger partial charge in [-0.15, -0.1) is 0 Å². The van der Waals surface area contributed by atoms with Crippen LogP contribution in [-0.2, 0) is 4.79 Å². The number of hydrogen-bond donors (Lipinski definition) is 0. The molecule has 1 rings (SSSR count). The van der Waals surface area contributed by atoms with Crippen LogP contribution in [0.15, 0.2) is 0 Å². The van der Waals surface area contributed by atoms with Gasteiger partial charge in [0.1, 0.15) is 0 Å². The van der Waals surface area contributed by atoms with Crippen LogP contribution in [-0.4, -0.2) is 5.24 Å². The fourth-order valence-corrected chi connectivity index (χ4v) is 1.55. The number of halogens is 1. The van der Waals surface area contributed by atoms with Crippen LogP contribution in [0.2, 0.25) is 0 Å². The van der Waals surface area contributed by atoms with E-state index in [0.717, 1.165) is 12.8 Å². The highest BCUT2D eigenvalue weighted by Gasteiger charge is 2.18. The second-order valence-electron chi connectivity index (χ2n) is 2.64. The lowest BCUT2D eigenvalue weighted by atomic mass is 9.90. The van der Waals surface area contributed by atoms with Gasteiger partial charge >= 0.3 is 0 Å². The lowest BCUT2D eigenvalue weighted by Gasteiger charge is -2.16. The van der Waals surface area contributed by atoms with Crippen molar-refractivity contribution >= 4 is 16.8 Å². The van der Waals surface area contributed by atoms with E-state index in [2.05, 4.69) is 0 Å². The maximum atomic E-state index is 10.6. The van der Waals surface area contributed by atoms with Crippen LogP contribution >= 0.6 is 11.6 Å². The third-order valence-electron chi connectivity index (χ3n) is 1.93. The molecule has 2 heteroatoms. The van der Waals surface area contributed by atoms with Crippen molar-refractivity contribution in [1.29, 1.82) is 0 Å². The van der Waals surface area contributed by atoms with Crippen molar-refractivity contribution in [3.63, 3.8) is 0 Å². The van der Waals surface area contributed by atoms with E-state index < -0.39 is 0 Å². The van der Waals surface area contributed by atoms with Gasteiger partial charge in [0.05, 0.1) is 0 Å². The molecule has 11 heavy (non-hydrogen) atoms. The molecule has 0 bridgehead atoms. The van der Waals surface area contributed by atoms with Gasteiger partial charge in [-0.2, -0.15) is 0 Å². The summed E-state index contributed by atoms with van der Waals surface area (Å²) in [6, 6.07) is 0. The van der Waals surface area contributed by atoms with Gasteiger partial charge < -0.3 is 0 Å². The Balaban J connectivity index is 0.000000461. The summed E-state index contributed by atoms with van der Waals surface area (Å²) in [6.45, 7) is 4.00. The maximum Gasteiger partial charge on any atom is 0.224 e. The second-order valence-corrected chi connectivity index (χ2v) is 3.01. The second kappa shape index (κ2) is 6.66. The minimum atomic E-state index is -0.130. The molecule has 1 fully saturated rings. The molecule has 1 saturated carbocycles. The Kier molecular flexibility index (Phi) is 6.63. The molecule has 0 amide bonds. The minimum absolute atomic E-state index is 0.130. The van der Waals surface area contributed by atoms with Crippen LogP contribution in [0.4, 0.5) is 0 Å². The van der Waals surface area contributed by atoms with Gasteiger partial charge in [-0.3, -0.25) is 4.79 Å². The van der Waals surface area contributed by atoms with E-state index in [0.29, 0.717) is 0 Å². The van der Waals surface area contributed by atoms with Crippen LogP contribution in [0.1, 0.15) is 46.0 Å². The van der Waals surface area contributed by atoms with E-state index in [1.807, 2.05) is 13.8 Å². The van der Waals surface area contributed by atoms with Gasteiger partial charge in [0.15, 0.2) is 0 Å². The first-order chi connectivity index (χ1) is 5.30. The van der Waals surface area contributed by atoms with Crippen LogP contribution in [0.5, 0.6) is 0 Å². The predicted molar refractivity (Wildman–Crippen MR) is 48.8 cm³/mol. The average molecular weight is 177 g/mol. The van der Waals surface area contributed by atoms with Crippen LogP contribution < -0.4 is 0 Å².